The number of hydrogen-bond acceptors (Lipinski definition) is 4. The molecule has 0 spiro atoms. The van der Waals surface area contributed by atoms with Gasteiger partial charge in [0, 0.05) is 0 Å². The number of allylic oxidation sites excluding steroid dienone is 4. The van der Waals surface area contributed by atoms with Crippen molar-refractivity contribution < 1.29 is 20.1 Å². The fourth-order valence-electron chi connectivity index (χ4n) is 6.49. The van der Waals surface area contributed by atoms with Crippen LogP contribution in [0.2, 0.25) is 0 Å². The topological polar surface area (TPSA) is 89.8 Å². The van der Waals surface area contributed by atoms with Gasteiger partial charge >= 0.3 is 0 Å². The first-order chi connectivity index (χ1) is 23.5. The molecule has 0 aromatic rings. The number of carbonyl (C=O) groups excluding carboxylic acids is 1. The van der Waals surface area contributed by atoms with Crippen molar-refractivity contribution in [1.82, 2.24) is 5.32 Å². The molecule has 5 nitrogen and oxygen atoms in total. The molecule has 4 N–H and O–H groups in total. The standard InChI is InChI=1S/C43H83NO4/c1-3-5-7-9-11-13-15-17-18-19-20-21-22-23-24-25-26-28-30-32-34-36-40(46)38-43(48)44-41(39-45)42(47)37-35-33-31-29-27-16-14-12-10-8-6-4-2/h20-21,23-24,40-42,45-47H,3-19,22,25-39H2,1-2H3,(H,44,48)/b21-20-,24-23-. The van der Waals surface area contributed by atoms with Crippen LogP contribution in [0.3, 0.4) is 0 Å². The van der Waals surface area contributed by atoms with E-state index >= 15 is 0 Å². The highest BCUT2D eigenvalue weighted by Crippen LogP contribution is 2.15. The van der Waals surface area contributed by atoms with Crippen LogP contribution in [0.15, 0.2) is 24.3 Å². The highest BCUT2D eigenvalue weighted by atomic mass is 16.3. The Balaban J connectivity index is 3.65. The van der Waals surface area contributed by atoms with Crippen LogP contribution in [0.4, 0.5) is 0 Å². The molecule has 0 aliphatic rings. The molecule has 0 fully saturated rings. The molecule has 0 bridgehead atoms. The lowest BCUT2D eigenvalue weighted by Crippen LogP contribution is -2.46. The molecule has 3 unspecified atom stereocenters. The summed E-state index contributed by atoms with van der Waals surface area (Å²) in [6, 6.07) is -0.660. The number of hydrogen-bond donors (Lipinski definition) is 4. The summed E-state index contributed by atoms with van der Waals surface area (Å²) < 4.78 is 0. The van der Waals surface area contributed by atoms with Crippen LogP contribution in [-0.2, 0) is 4.79 Å². The first kappa shape index (κ1) is 46.8. The Hall–Kier alpha value is -1.17. The van der Waals surface area contributed by atoms with E-state index in [1.165, 1.54) is 141 Å². The van der Waals surface area contributed by atoms with E-state index < -0.39 is 18.2 Å². The molecule has 0 aromatic carbocycles. The van der Waals surface area contributed by atoms with Crippen LogP contribution in [0.25, 0.3) is 0 Å². The molecule has 284 valence electrons. The minimum Gasteiger partial charge on any atom is -0.394 e. The van der Waals surface area contributed by atoms with Gasteiger partial charge < -0.3 is 20.6 Å². The van der Waals surface area contributed by atoms with Crippen molar-refractivity contribution >= 4 is 5.91 Å². The lowest BCUT2D eigenvalue weighted by Gasteiger charge is -2.23. The molecule has 0 aliphatic carbocycles. The highest BCUT2D eigenvalue weighted by Gasteiger charge is 2.21. The van der Waals surface area contributed by atoms with E-state index in [0.29, 0.717) is 12.8 Å². The fraction of sp³-hybridized carbons (Fsp3) is 0.884. The number of unbranched alkanes of at least 4 members (excludes halogenated alkanes) is 25. The Labute approximate surface area is 299 Å². The third kappa shape index (κ3) is 34.7. The van der Waals surface area contributed by atoms with Gasteiger partial charge in [0.15, 0.2) is 0 Å². The van der Waals surface area contributed by atoms with Gasteiger partial charge in [-0.05, 0) is 44.9 Å². The maximum absolute atomic E-state index is 12.4. The number of rotatable bonds is 38. The maximum atomic E-state index is 12.4. The number of aliphatic hydroxyl groups is 3. The summed E-state index contributed by atoms with van der Waals surface area (Å²) in [6.45, 7) is 4.25. The molecule has 0 aliphatic heterocycles. The minimum absolute atomic E-state index is 0.0280. The van der Waals surface area contributed by atoms with Crippen LogP contribution in [0.1, 0.15) is 219 Å². The van der Waals surface area contributed by atoms with Gasteiger partial charge in [-0.1, -0.05) is 192 Å². The molecule has 0 rings (SSSR count). The van der Waals surface area contributed by atoms with Crippen LogP contribution in [0.5, 0.6) is 0 Å². The Morgan fingerprint density at radius 1 is 0.521 bits per heavy atom. The molecule has 0 aromatic heterocycles. The Bertz CT molecular complexity index is 709. The summed E-state index contributed by atoms with van der Waals surface area (Å²) in [6.07, 6.45) is 45.7. The van der Waals surface area contributed by atoms with Crippen molar-refractivity contribution in [3.63, 3.8) is 0 Å². The van der Waals surface area contributed by atoms with Crippen molar-refractivity contribution in [2.45, 2.75) is 238 Å². The predicted molar refractivity (Wildman–Crippen MR) is 208 cm³/mol. The first-order valence-corrected chi connectivity index (χ1v) is 21.1. The van der Waals surface area contributed by atoms with E-state index in [-0.39, 0.29) is 18.9 Å². The number of aliphatic hydroxyl groups excluding tert-OH is 3. The second kappa shape index (κ2) is 38.6. The molecule has 0 heterocycles. The van der Waals surface area contributed by atoms with E-state index in [4.69, 9.17) is 0 Å². The van der Waals surface area contributed by atoms with Crippen molar-refractivity contribution in [2.24, 2.45) is 0 Å². The van der Waals surface area contributed by atoms with Gasteiger partial charge in [0.1, 0.15) is 0 Å². The second-order valence-corrected chi connectivity index (χ2v) is 14.6. The monoisotopic (exact) mass is 678 g/mol. The summed E-state index contributed by atoms with van der Waals surface area (Å²) in [5.41, 5.74) is 0. The van der Waals surface area contributed by atoms with Crippen molar-refractivity contribution in [3.05, 3.63) is 24.3 Å². The average molecular weight is 678 g/mol. The summed E-state index contributed by atoms with van der Waals surface area (Å²) in [7, 11) is 0. The number of carbonyl (C=O) groups is 1. The van der Waals surface area contributed by atoms with Crippen LogP contribution < -0.4 is 5.32 Å². The van der Waals surface area contributed by atoms with E-state index in [0.717, 1.165) is 44.9 Å². The molecule has 1 amide bonds. The molecule has 48 heavy (non-hydrogen) atoms. The SMILES string of the molecule is CCCCCCCCCCC/C=C\C/C=C\CCCCCCCC(O)CC(=O)NC(CO)C(O)CCCCCCCCCCCCCC. The third-order valence-corrected chi connectivity index (χ3v) is 9.77. The fourth-order valence-corrected chi connectivity index (χ4v) is 6.49. The van der Waals surface area contributed by atoms with Gasteiger partial charge in [-0.2, -0.15) is 0 Å². The Kier molecular flexibility index (Phi) is 37.7. The van der Waals surface area contributed by atoms with Gasteiger partial charge in [0.2, 0.25) is 5.91 Å². The van der Waals surface area contributed by atoms with E-state index in [1.807, 2.05) is 0 Å². The first-order valence-electron chi connectivity index (χ1n) is 21.1. The highest BCUT2D eigenvalue weighted by molar-refractivity contribution is 5.76. The molecule has 3 atom stereocenters. The van der Waals surface area contributed by atoms with Crippen LogP contribution in [-0.4, -0.2) is 46.1 Å². The molecule has 0 saturated carbocycles. The predicted octanol–water partition coefficient (Wildman–Crippen LogP) is 11.8. The maximum Gasteiger partial charge on any atom is 0.222 e. The van der Waals surface area contributed by atoms with Crippen molar-refractivity contribution in [2.75, 3.05) is 6.61 Å². The Morgan fingerprint density at radius 3 is 1.31 bits per heavy atom. The normalized spacial score (nSPS) is 13.9. The molecule has 5 heteroatoms. The van der Waals surface area contributed by atoms with Crippen LogP contribution >= 0.6 is 0 Å². The van der Waals surface area contributed by atoms with Gasteiger partial charge in [-0.3, -0.25) is 4.79 Å². The zero-order valence-corrected chi connectivity index (χ0v) is 32.1. The molecule has 0 saturated heterocycles. The number of nitrogens with one attached hydrogen (secondary N) is 1. The number of amides is 1. The van der Waals surface area contributed by atoms with Gasteiger partial charge in [0.25, 0.3) is 0 Å². The lowest BCUT2D eigenvalue weighted by molar-refractivity contribution is -0.125. The molecular formula is C43H83NO4. The van der Waals surface area contributed by atoms with Gasteiger partial charge in [-0.15, -0.1) is 0 Å². The quantitative estimate of drug-likeness (QED) is 0.0387. The van der Waals surface area contributed by atoms with Gasteiger partial charge in [0.05, 0.1) is 31.3 Å². The van der Waals surface area contributed by atoms with Crippen molar-refractivity contribution in [1.29, 1.82) is 0 Å². The molecular weight excluding hydrogens is 594 g/mol. The zero-order valence-electron chi connectivity index (χ0n) is 32.1. The summed E-state index contributed by atoms with van der Waals surface area (Å²) >= 11 is 0. The van der Waals surface area contributed by atoms with Gasteiger partial charge in [-0.25, -0.2) is 0 Å². The van der Waals surface area contributed by atoms with E-state index in [2.05, 4.69) is 43.5 Å². The van der Waals surface area contributed by atoms with E-state index in [1.54, 1.807) is 0 Å². The zero-order chi connectivity index (χ0) is 35.2. The lowest BCUT2D eigenvalue weighted by atomic mass is 10.0. The summed E-state index contributed by atoms with van der Waals surface area (Å²) in [4.78, 5) is 12.4. The smallest absolute Gasteiger partial charge is 0.222 e. The molecule has 0 radical (unpaired) electrons. The third-order valence-electron chi connectivity index (χ3n) is 9.77. The van der Waals surface area contributed by atoms with Crippen LogP contribution in [0, 0.1) is 0 Å². The summed E-state index contributed by atoms with van der Waals surface area (Å²) in [5.74, 6) is -0.291. The summed E-state index contributed by atoms with van der Waals surface area (Å²) in [5, 5.41) is 33.3. The minimum atomic E-state index is -0.750. The Morgan fingerprint density at radius 2 is 0.896 bits per heavy atom. The second-order valence-electron chi connectivity index (χ2n) is 14.6. The van der Waals surface area contributed by atoms with Crippen molar-refractivity contribution in [3.8, 4) is 0 Å². The average Bonchev–Trinajstić information content (AvgIpc) is 3.08. The largest absolute Gasteiger partial charge is 0.394 e. The van der Waals surface area contributed by atoms with E-state index in [9.17, 15) is 20.1 Å².